The van der Waals surface area contributed by atoms with Crippen LogP contribution in [0.5, 0.6) is 5.75 Å². The fourth-order valence-electron chi connectivity index (χ4n) is 0.764. The Morgan fingerprint density at radius 1 is 1.69 bits per heavy atom. The van der Waals surface area contributed by atoms with Crippen molar-refractivity contribution in [3.63, 3.8) is 0 Å². The average Bonchev–Trinajstić information content (AvgIpc) is 2.16. The molecule has 0 aliphatic rings. The molecule has 0 unspecified atom stereocenters. The molecule has 0 saturated carbocycles. The Balaban J connectivity index is 2.50. The molecule has 1 N–H and O–H groups in total. The van der Waals surface area contributed by atoms with Crippen molar-refractivity contribution in [1.29, 1.82) is 0 Å². The number of halogens is 1. The first kappa shape index (κ1) is 10.5. The summed E-state index contributed by atoms with van der Waals surface area (Å²) in [4.78, 5) is 4.01. The second kappa shape index (κ2) is 5.19. The third-order valence-electron chi connectivity index (χ3n) is 1.56. The molecule has 0 aliphatic heterocycles. The maximum atomic E-state index is 8.77. The maximum absolute atomic E-state index is 8.77. The number of ether oxygens (including phenoxy) is 1. The Hall–Kier alpha value is -0.610. The predicted octanol–water partition coefficient (Wildman–Crippen LogP) is 1.85. The lowest BCUT2D eigenvalue weighted by molar-refractivity contribution is 0.173. The zero-order chi connectivity index (χ0) is 9.68. The molecule has 0 fully saturated rings. The molecular weight excluding hydrogens is 234 g/mol. The van der Waals surface area contributed by atoms with Gasteiger partial charge in [0.05, 0.1) is 6.61 Å². The van der Waals surface area contributed by atoms with E-state index in [1.807, 2.05) is 19.1 Å². The Morgan fingerprint density at radius 2 is 2.46 bits per heavy atom. The summed E-state index contributed by atoms with van der Waals surface area (Å²) in [6, 6.07) is 3.64. The zero-order valence-electron chi connectivity index (χ0n) is 7.40. The van der Waals surface area contributed by atoms with E-state index in [2.05, 4.69) is 20.9 Å². The first-order chi connectivity index (χ1) is 6.24. The van der Waals surface area contributed by atoms with E-state index >= 15 is 0 Å². The largest absolute Gasteiger partial charge is 0.490 e. The number of aliphatic hydroxyl groups excluding tert-OH is 1. The van der Waals surface area contributed by atoms with Gasteiger partial charge in [0.2, 0.25) is 0 Å². The van der Waals surface area contributed by atoms with Crippen LogP contribution in [-0.4, -0.2) is 23.3 Å². The van der Waals surface area contributed by atoms with Crippen LogP contribution in [0, 0.1) is 5.92 Å². The van der Waals surface area contributed by atoms with Crippen molar-refractivity contribution >= 4 is 15.9 Å². The quantitative estimate of drug-likeness (QED) is 0.824. The topological polar surface area (TPSA) is 42.4 Å². The Kier molecular flexibility index (Phi) is 4.18. The van der Waals surface area contributed by atoms with Crippen LogP contribution >= 0.6 is 15.9 Å². The number of rotatable bonds is 4. The molecule has 0 radical (unpaired) electrons. The first-order valence-corrected chi connectivity index (χ1v) is 4.87. The molecule has 1 aromatic rings. The molecule has 1 aromatic heterocycles. The van der Waals surface area contributed by atoms with Gasteiger partial charge in [-0.05, 0) is 28.1 Å². The average molecular weight is 246 g/mol. The van der Waals surface area contributed by atoms with Gasteiger partial charge in [-0.3, -0.25) is 0 Å². The standard InChI is InChI=1S/C9H12BrNO2/c1-7(5-12)6-13-8-3-2-4-11-9(8)10/h2-4,7,12H,5-6H2,1H3/t7-/m0/s1. The van der Waals surface area contributed by atoms with Gasteiger partial charge in [-0.15, -0.1) is 0 Å². The monoisotopic (exact) mass is 245 g/mol. The van der Waals surface area contributed by atoms with E-state index in [0.717, 1.165) is 0 Å². The predicted molar refractivity (Wildman–Crippen MR) is 53.7 cm³/mol. The highest BCUT2D eigenvalue weighted by Gasteiger charge is 2.04. The molecule has 0 aliphatic carbocycles. The van der Waals surface area contributed by atoms with Crippen molar-refractivity contribution in [2.45, 2.75) is 6.92 Å². The number of aliphatic hydroxyl groups is 1. The van der Waals surface area contributed by atoms with Gasteiger partial charge < -0.3 is 9.84 Å². The van der Waals surface area contributed by atoms with Crippen LogP contribution in [0.4, 0.5) is 0 Å². The number of hydrogen-bond acceptors (Lipinski definition) is 3. The van der Waals surface area contributed by atoms with E-state index in [1.54, 1.807) is 6.20 Å². The minimum atomic E-state index is 0.137. The van der Waals surface area contributed by atoms with Gasteiger partial charge in [-0.2, -0.15) is 0 Å². The molecule has 1 atom stereocenters. The van der Waals surface area contributed by atoms with E-state index in [4.69, 9.17) is 9.84 Å². The number of nitrogens with zero attached hydrogens (tertiary/aromatic N) is 1. The summed E-state index contributed by atoms with van der Waals surface area (Å²) >= 11 is 3.27. The summed E-state index contributed by atoms with van der Waals surface area (Å²) in [6.45, 7) is 2.56. The van der Waals surface area contributed by atoms with Crippen molar-refractivity contribution in [2.24, 2.45) is 5.92 Å². The highest BCUT2D eigenvalue weighted by atomic mass is 79.9. The second-order valence-corrected chi connectivity index (χ2v) is 3.64. The SMILES string of the molecule is C[C@@H](CO)COc1cccnc1Br. The minimum absolute atomic E-state index is 0.137. The Bertz CT molecular complexity index is 268. The van der Waals surface area contributed by atoms with Crippen LogP contribution in [0.15, 0.2) is 22.9 Å². The molecular formula is C9H12BrNO2. The van der Waals surface area contributed by atoms with Crippen LogP contribution in [0.3, 0.4) is 0 Å². The summed E-state index contributed by atoms with van der Waals surface area (Å²) in [5, 5.41) is 8.77. The molecule has 13 heavy (non-hydrogen) atoms. The summed E-state index contributed by atoms with van der Waals surface area (Å²) in [6.07, 6.45) is 1.69. The third kappa shape index (κ3) is 3.32. The molecule has 4 heteroatoms. The van der Waals surface area contributed by atoms with Gasteiger partial charge in [-0.25, -0.2) is 4.98 Å². The van der Waals surface area contributed by atoms with Crippen LogP contribution < -0.4 is 4.74 Å². The van der Waals surface area contributed by atoms with Crippen molar-refractivity contribution < 1.29 is 9.84 Å². The molecule has 0 aromatic carbocycles. The molecule has 3 nitrogen and oxygen atoms in total. The van der Waals surface area contributed by atoms with E-state index in [9.17, 15) is 0 Å². The smallest absolute Gasteiger partial charge is 0.152 e. The van der Waals surface area contributed by atoms with Gasteiger partial charge in [0.1, 0.15) is 4.60 Å². The maximum Gasteiger partial charge on any atom is 0.152 e. The number of aromatic nitrogens is 1. The second-order valence-electron chi connectivity index (χ2n) is 2.89. The highest BCUT2D eigenvalue weighted by Crippen LogP contribution is 2.21. The van der Waals surface area contributed by atoms with E-state index in [0.29, 0.717) is 17.0 Å². The van der Waals surface area contributed by atoms with E-state index in [1.165, 1.54) is 0 Å². The van der Waals surface area contributed by atoms with Crippen LogP contribution in [0.25, 0.3) is 0 Å². The lowest BCUT2D eigenvalue weighted by Crippen LogP contribution is -2.12. The summed E-state index contributed by atoms with van der Waals surface area (Å²) in [5.41, 5.74) is 0. The lowest BCUT2D eigenvalue weighted by atomic mass is 10.2. The van der Waals surface area contributed by atoms with Gasteiger partial charge in [0, 0.05) is 18.7 Å². The normalized spacial score (nSPS) is 12.5. The van der Waals surface area contributed by atoms with Crippen molar-refractivity contribution in [1.82, 2.24) is 4.98 Å². The van der Waals surface area contributed by atoms with Crippen molar-refractivity contribution in [3.8, 4) is 5.75 Å². The Morgan fingerprint density at radius 3 is 3.08 bits per heavy atom. The molecule has 0 amide bonds. The fourth-order valence-corrected chi connectivity index (χ4v) is 1.13. The van der Waals surface area contributed by atoms with Gasteiger partial charge in [0.15, 0.2) is 5.75 Å². The van der Waals surface area contributed by atoms with Gasteiger partial charge >= 0.3 is 0 Å². The molecule has 1 heterocycles. The summed E-state index contributed by atoms with van der Waals surface area (Å²) in [5.74, 6) is 0.856. The number of pyridine rings is 1. The highest BCUT2D eigenvalue weighted by molar-refractivity contribution is 9.10. The van der Waals surface area contributed by atoms with E-state index < -0.39 is 0 Å². The van der Waals surface area contributed by atoms with Gasteiger partial charge in [-0.1, -0.05) is 6.92 Å². The van der Waals surface area contributed by atoms with Crippen LogP contribution in [0.1, 0.15) is 6.92 Å². The van der Waals surface area contributed by atoms with E-state index in [-0.39, 0.29) is 12.5 Å². The molecule has 1 rings (SSSR count). The lowest BCUT2D eigenvalue weighted by Gasteiger charge is -2.10. The van der Waals surface area contributed by atoms with Crippen LogP contribution in [0.2, 0.25) is 0 Å². The van der Waals surface area contributed by atoms with Crippen molar-refractivity contribution in [3.05, 3.63) is 22.9 Å². The first-order valence-electron chi connectivity index (χ1n) is 4.08. The van der Waals surface area contributed by atoms with Gasteiger partial charge in [0.25, 0.3) is 0 Å². The molecule has 0 saturated heterocycles. The number of hydrogen-bond donors (Lipinski definition) is 1. The summed E-state index contributed by atoms with van der Waals surface area (Å²) in [7, 11) is 0. The van der Waals surface area contributed by atoms with Crippen molar-refractivity contribution in [2.75, 3.05) is 13.2 Å². The molecule has 0 spiro atoms. The Labute approximate surface area is 85.9 Å². The molecule has 72 valence electrons. The zero-order valence-corrected chi connectivity index (χ0v) is 8.99. The minimum Gasteiger partial charge on any atom is -0.490 e. The summed E-state index contributed by atoms with van der Waals surface area (Å²) < 4.78 is 6.11. The fraction of sp³-hybridized carbons (Fsp3) is 0.444. The third-order valence-corrected chi connectivity index (χ3v) is 2.16. The van der Waals surface area contributed by atoms with Crippen LogP contribution in [-0.2, 0) is 0 Å². The molecule has 0 bridgehead atoms.